The lowest BCUT2D eigenvalue weighted by Crippen LogP contribution is -2.64. The minimum absolute atomic E-state index is 0.473. The average Bonchev–Trinajstić information content (AvgIpc) is 2.42. The highest BCUT2D eigenvalue weighted by Crippen LogP contribution is 2.27. The monoisotopic (exact) mass is 349 g/mol. The quantitative estimate of drug-likeness (QED) is 0.527. The lowest BCUT2D eigenvalue weighted by atomic mass is 9.97. The first-order valence-electron chi connectivity index (χ1n) is 7.16. The Balaban J connectivity index is 3.07. The second-order valence-electron chi connectivity index (χ2n) is 5.20. The molecule has 1 aliphatic rings. The van der Waals surface area contributed by atoms with Gasteiger partial charge in [0.2, 0.25) is 12.2 Å². The Labute approximate surface area is 137 Å². The van der Waals surface area contributed by atoms with E-state index >= 15 is 0 Å². The third-order valence-corrected chi connectivity index (χ3v) is 3.03. The number of alkyl halides is 1. The lowest BCUT2D eigenvalue weighted by molar-refractivity contribution is -0.256. The molecule has 5 atom stereocenters. The Hall–Kier alpha value is -2.23. The van der Waals surface area contributed by atoms with E-state index in [4.69, 9.17) is 18.9 Å². The molecule has 10 heteroatoms. The summed E-state index contributed by atoms with van der Waals surface area (Å²) >= 11 is 0. The number of ether oxygens (including phenoxy) is 4. The van der Waals surface area contributed by atoms with Crippen molar-refractivity contribution in [3.8, 4) is 0 Å². The van der Waals surface area contributed by atoms with Crippen LogP contribution in [0.15, 0.2) is 0 Å². The molecule has 1 rings (SSSR count). The summed E-state index contributed by atoms with van der Waals surface area (Å²) in [7, 11) is 0. The molecule has 1 N–H and O–H groups in total. The van der Waals surface area contributed by atoms with Crippen LogP contribution in [-0.4, -0.2) is 61.1 Å². The van der Waals surface area contributed by atoms with Crippen LogP contribution in [0.25, 0.3) is 0 Å². The predicted molar refractivity (Wildman–Crippen MR) is 75.1 cm³/mol. The van der Waals surface area contributed by atoms with Crippen LogP contribution in [0.1, 0.15) is 27.7 Å². The minimum atomic E-state index is -1.92. The fraction of sp³-hybridized carbons (Fsp3) is 0.714. The minimum Gasteiger partial charge on any atom is -0.463 e. The maximum absolute atomic E-state index is 14.6. The van der Waals surface area contributed by atoms with Crippen molar-refractivity contribution in [2.75, 3.05) is 6.61 Å². The molecule has 0 spiro atoms. The molecule has 0 aromatic rings. The molecular formula is C14H20FNO8. The fourth-order valence-electron chi connectivity index (χ4n) is 2.21. The predicted octanol–water partition coefficient (Wildman–Crippen LogP) is -0.388. The van der Waals surface area contributed by atoms with Gasteiger partial charge in [-0.2, -0.15) is 0 Å². The molecule has 0 saturated carbocycles. The van der Waals surface area contributed by atoms with Crippen molar-refractivity contribution in [2.45, 2.75) is 58.4 Å². The normalized spacial score (nSPS) is 29.3. The molecule has 0 bridgehead atoms. The van der Waals surface area contributed by atoms with Gasteiger partial charge in [0.05, 0.1) is 0 Å². The van der Waals surface area contributed by atoms with Crippen molar-refractivity contribution in [1.29, 1.82) is 0 Å². The number of carbonyl (C=O) groups is 4. The molecule has 0 aromatic carbocycles. The second kappa shape index (κ2) is 8.57. The van der Waals surface area contributed by atoms with Crippen molar-refractivity contribution < 1.29 is 42.5 Å². The molecule has 136 valence electrons. The highest BCUT2D eigenvalue weighted by atomic mass is 19.1. The van der Waals surface area contributed by atoms with Gasteiger partial charge < -0.3 is 24.3 Å². The summed E-state index contributed by atoms with van der Waals surface area (Å²) in [5.41, 5.74) is 0. The van der Waals surface area contributed by atoms with Crippen molar-refractivity contribution in [3.05, 3.63) is 0 Å². The van der Waals surface area contributed by atoms with Crippen molar-refractivity contribution >= 4 is 23.8 Å². The van der Waals surface area contributed by atoms with Crippen LogP contribution in [0.5, 0.6) is 0 Å². The number of rotatable bonds is 5. The molecular weight excluding hydrogens is 329 g/mol. The van der Waals surface area contributed by atoms with Crippen molar-refractivity contribution in [3.63, 3.8) is 0 Å². The standard InChI is InChI=1S/C14H20FNO8/c1-6(17)16-12-13(22-8(3)19)11(15)10(5-21-7(2)18)24-14(12)23-9(4)20/h10-14H,5H2,1-4H3,(H,16,17). The summed E-state index contributed by atoms with van der Waals surface area (Å²) in [6.45, 7) is 3.97. The molecule has 1 heterocycles. The van der Waals surface area contributed by atoms with Gasteiger partial charge in [-0.05, 0) is 0 Å². The Bertz CT molecular complexity index is 511. The highest BCUT2D eigenvalue weighted by molar-refractivity contribution is 5.74. The van der Waals surface area contributed by atoms with Gasteiger partial charge in [-0.25, -0.2) is 4.39 Å². The lowest BCUT2D eigenvalue weighted by Gasteiger charge is -2.42. The Morgan fingerprint density at radius 3 is 2.04 bits per heavy atom. The van der Waals surface area contributed by atoms with Gasteiger partial charge >= 0.3 is 17.9 Å². The summed E-state index contributed by atoms with van der Waals surface area (Å²) in [6, 6.07) is -1.25. The molecule has 1 amide bonds. The molecule has 9 nitrogen and oxygen atoms in total. The van der Waals surface area contributed by atoms with Crippen LogP contribution in [0, 0.1) is 0 Å². The van der Waals surface area contributed by atoms with Crippen LogP contribution >= 0.6 is 0 Å². The van der Waals surface area contributed by atoms with Gasteiger partial charge in [-0.3, -0.25) is 19.2 Å². The Kier molecular flexibility index (Phi) is 7.08. The molecule has 0 aromatic heterocycles. The van der Waals surface area contributed by atoms with Crippen molar-refractivity contribution in [1.82, 2.24) is 5.32 Å². The maximum atomic E-state index is 14.6. The number of hydrogen-bond acceptors (Lipinski definition) is 8. The molecule has 0 aliphatic carbocycles. The maximum Gasteiger partial charge on any atom is 0.305 e. The van der Waals surface area contributed by atoms with E-state index < -0.39 is 61.1 Å². The number of esters is 3. The summed E-state index contributed by atoms with van der Waals surface area (Å²) in [5, 5.41) is 2.34. The number of halogens is 1. The summed E-state index contributed by atoms with van der Waals surface area (Å²) in [4.78, 5) is 44.7. The van der Waals surface area contributed by atoms with Crippen molar-refractivity contribution in [2.24, 2.45) is 0 Å². The van der Waals surface area contributed by atoms with Gasteiger partial charge in [0.15, 0.2) is 12.3 Å². The number of hydrogen-bond donors (Lipinski definition) is 1. The van der Waals surface area contributed by atoms with Gasteiger partial charge in [-0.1, -0.05) is 0 Å². The molecule has 1 saturated heterocycles. The van der Waals surface area contributed by atoms with Gasteiger partial charge in [0, 0.05) is 27.7 Å². The second-order valence-corrected chi connectivity index (χ2v) is 5.20. The van der Waals surface area contributed by atoms with E-state index in [9.17, 15) is 23.6 Å². The average molecular weight is 349 g/mol. The van der Waals surface area contributed by atoms with E-state index in [1.54, 1.807) is 0 Å². The topological polar surface area (TPSA) is 117 Å². The van der Waals surface area contributed by atoms with E-state index in [0.29, 0.717) is 0 Å². The first-order chi connectivity index (χ1) is 11.1. The zero-order valence-electron chi connectivity index (χ0n) is 13.7. The number of nitrogens with one attached hydrogen (secondary N) is 1. The zero-order chi connectivity index (χ0) is 18.4. The first kappa shape index (κ1) is 19.8. The van der Waals surface area contributed by atoms with Crippen LogP contribution in [0.4, 0.5) is 4.39 Å². The molecule has 24 heavy (non-hydrogen) atoms. The number of carbonyl (C=O) groups excluding carboxylic acids is 4. The molecule has 0 radical (unpaired) electrons. The van der Waals surface area contributed by atoms with E-state index in [2.05, 4.69) is 5.32 Å². The zero-order valence-corrected chi connectivity index (χ0v) is 13.7. The fourth-order valence-corrected chi connectivity index (χ4v) is 2.21. The largest absolute Gasteiger partial charge is 0.463 e. The van der Waals surface area contributed by atoms with Crippen LogP contribution < -0.4 is 5.32 Å². The van der Waals surface area contributed by atoms with Gasteiger partial charge in [-0.15, -0.1) is 0 Å². The van der Waals surface area contributed by atoms with E-state index in [1.807, 2.05) is 0 Å². The van der Waals surface area contributed by atoms with E-state index in [1.165, 1.54) is 0 Å². The Morgan fingerprint density at radius 1 is 1.00 bits per heavy atom. The van der Waals surface area contributed by atoms with Gasteiger partial charge in [0.25, 0.3) is 0 Å². The smallest absolute Gasteiger partial charge is 0.305 e. The molecule has 5 unspecified atom stereocenters. The molecule has 1 fully saturated rings. The van der Waals surface area contributed by atoms with Crippen LogP contribution in [-0.2, 0) is 38.1 Å². The van der Waals surface area contributed by atoms with E-state index in [0.717, 1.165) is 27.7 Å². The third-order valence-electron chi connectivity index (χ3n) is 3.03. The summed E-state index contributed by atoms with van der Waals surface area (Å²) < 4.78 is 34.5. The van der Waals surface area contributed by atoms with E-state index in [-0.39, 0.29) is 0 Å². The highest BCUT2D eigenvalue weighted by Gasteiger charge is 2.50. The Morgan fingerprint density at radius 2 is 1.58 bits per heavy atom. The van der Waals surface area contributed by atoms with Crippen LogP contribution in [0.3, 0.4) is 0 Å². The van der Waals surface area contributed by atoms with Crippen LogP contribution in [0.2, 0.25) is 0 Å². The molecule has 1 aliphatic heterocycles. The van der Waals surface area contributed by atoms with Gasteiger partial charge in [0.1, 0.15) is 18.8 Å². The summed E-state index contributed by atoms with van der Waals surface area (Å²) in [5.74, 6) is -2.78. The summed E-state index contributed by atoms with van der Waals surface area (Å²) in [6.07, 6.45) is -6.15. The number of amides is 1. The first-order valence-corrected chi connectivity index (χ1v) is 7.16. The SMILES string of the molecule is CC(=O)NC1C(OC(C)=O)OC(COC(C)=O)C(F)C1OC(C)=O. The third kappa shape index (κ3) is 5.76.